The van der Waals surface area contributed by atoms with Gasteiger partial charge in [0.2, 0.25) is 10.0 Å². The monoisotopic (exact) mass is 310 g/mol. The molecule has 1 N–H and O–H groups in total. The Morgan fingerprint density at radius 2 is 1.85 bits per heavy atom. The van der Waals surface area contributed by atoms with E-state index in [0.717, 1.165) is 6.26 Å². The molecule has 0 aliphatic heterocycles. The Morgan fingerprint density at radius 3 is 2.20 bits per heavy atom. The van der Waals surface area contributed by atoms with Crippen molar-refractivity contribution in [3.8, 4) is 0 Å². The van der Waals surface area contributed by atoms with Gasteiger partial charge in [-0.25, -0.2) is 17.9 Å². The van der Waals surface area contributed by atoms with Gasteiger partial charge in [0.25, 0.3) is 0 Å². The molecule has 120 valence electrons. The summed E-state index contributed by atoms with van der Waals surface area (Å²) in [4.78, 5) is 13.0. The highest BCUT2D eigenvalue weighted by atomic mass is 32.2. The molecule has 0 rings (SSSR count). The lowest BCUT2D eigenvalue weighted by molar-refractivity contribution is 0.0187. The van der Waals surface area contributed by atoms with Crippen LogP contribution in [-0.2, 0) is 19.5 Å². The number of carbonyl (C=O) groups is 1. The van der Waals surface area contributed by atoms with Crippen LogP contribution in [-0.4, -0.2) is 64.1 Å². The van der Waals surface area contributed by atoms with E-state index < -0.39 is 27.7 Å². The highest BCUT2D eigenvalue weighted by molar-refractivity contribution is 7.88. The molecule has 1 atom stereocenters. The number of nitrogens with zero attached hydrogens (tertiary/aromatic N) is 1. The fraction of sp³-hybridized carbons (Fsp3) is 0.917. The number of nitrogens with one attached hydrogen (secondary N) is 1. The Balaban J connectivity index is 5.20. The van der Waals surface area contributed by atoms with E-state index in [4.69, 9.17) is 4.74 Å². The number of methoxy groups -OCH3 is 1. The van der Waals surface area contributed by atoms with E-state index in [0.29, 0.717) is 0 Å². The average molecular weight is 310 g/mol. The SMILES string of the molecule is COC(=O)N(C)C(C)(C)C(COC(C)C)NS(C)(=O)=O. The fourth-order valence-corrected chi connectivity index (χ4v) is 2.41. The van der Waals surface area contributed by atoms with E-state index in [9.17, 15) is 13.2 Å². The molecule has 0 bridgehead atoms. The van der Waals surface area contributed by atoms with Crippen LogP contribution in [0.2, 0.25) is 0 Å². The number of rotatable bonds is 7. The summed E-state index contributed by atoms with van der Waals surface area (Å²) in [6.07, 6.45) is 0.488. The summed E-state index contributed by atoms with van der Waals surface area (Å²) in [6, 6.07) is -0.594. The first-order valence-electron chi connectivity index (χ1n) is 6.32. The summed E-state index contributed by atoms with van der Waals surface area (Å²) in [5, 5.41) is 0. The summed E-state index contributed by atoms with van der Waals surface area (Å²) in [5.74, 6) is 0. The van der Waals surface area contributed by atoms with Gasteiger partial charge in [0.1, 0.15) is 0 Å². The zero-order valence-corrected chi connectivity index (χ0v) is 14.1. The highest BCUT2D eigenvalue weighted by Crippen LogP contribution is 2.20. The Hall–Kier alpha value is -0.860. The molecule has 1 unspecified atom stereocenters. The first-order chi connectivity index (χ1) is 8.91. The Morgan fingerprint density at radius 1 is 1.35 bits per heavy atom. The van der Waals surface area contributed by atoms with Gasteiger partial charge in [-0.05, 0) is 27.7 Å². The van der Waals surface area contributed by atoms with Crippen molar-refractivity contribution >= 4 is 16.1 Å². The third-order valence-corrected chi connectivity index (χ3v) is 3.83. The van der Waals surface area contributed by atoms with E-state index in [2.05, 4.69) is 9.46 Å². The maximum Gasteiger partial charge on any atom is 0.409 e. The van der Waals surface area contributed by atoms with Gasteiger partial charge in [0, 0.05) is 7.05 Å². The molecule has 0 aromatic heterocycles. The number of hydrogen-bond donors (Lipinski definition) is 1. The third kappa shape index (κ3) is 6.06. The molecule has 0 aliphatic rings. The summed E-state index contributed by atoms with van der Waals surface area (Å²) < 4.78 is 35.7. The van der Waals surface area contributed by atoms with Crippen LogP contribution in [0.3, 0.4) is 0 Å². The van der Waals surface area contributed by atoms with E-state index in [1.807, 2.05) is 13.8 Å². The van der Waals surface area contributed by atoms with Crippen molar-refractivity contribution in [3.63, 3.8) is 0 Å². The van der Waals surface area contributed by atoms with Gasteiger partial charge in [-0.3, -0.25) is 0 Å². The normalized spacial score (nSPS) is 14.2. The van der Waals surface area contributed by atoms with Crippen molar-refractivity contribution < 1.29 is 22.7 Å². The predicted molar refractivity (Wildman–Crippen MR) is 77.1 cm³/mol. The molecule has 0 spiro atoms. The largest absolute Gasteiger partial charge is 0.453 e. The molecule has 0 fully saturated rings. The minimum atomic E-state index is -3.43. The molecule has 0 heterocycles. The summed E-state index contributed by atoms with van der Waals surface area (Å²) >= 11 is 0. The zero-order chi connectivity index (χ0) is 16.1. The smallest absolute Gasteiger partial charge is 0.409 e. The van der Waals surface area contributed by atoms with Crippen molar-refractivity contribution in [1.82, 2.24) is 9.62 Å². The minimum Gasteiger partial charge on any atom is -0.453 e. The summed E-state index contributed by atoms with van der Waals surface area (Å²) in [6.45, 7) is 7.36. The molecule has 1 amide bonds. The average Bonchev–Trinajstić information content (AvgIpc) is 2.30. The summed E-state index contributed by atoms with van der Waals surface area (Å²) in [7, 11) is -0.599. The van der Waals surface area contributed by atoms with E-state index in [-0.39, 0.29) is 12.7 Å². The molecule has 20 heavy (non-hydrogen) atoms. The second-order valence-electron chi connectivity index (χ2n) is 5.51. The standard InChI is InChI=1S/C12H26N2O5S/c1-9(2)19-8-10(13-20(7,16)17)12(3,4)14(5)11(15)18-6/h9-10,13H,8H2,1-7H3. The van der Waals surface area contributed by atoms with Crippen molar-refractivity contribution in [2.24, 2.45) is 0 Å². The third-order valence-electron chi connectivity index (χ3n) is 3.12. The van der Waals surface area contributed by atoms with E-state index >= 15 is 0 Å². The zero-order valence-electron chi connectivity index (χ0n) is 13.3. The number of likely N-dealkylation sites (N-methyl/N-ethyl adjacent to an activating group) is 1. The number of ether oxygens (including phenoxy) is 2. The lowest BCUT2D eigenvalue weighted by Gasteiger charge is -2.41. The first-order valence-corrected chi connectivity index (χ1v) is 8.21. The molecular formula is C12H26N2O5S. The van der Waals surface area contributed by atoms with Crippen LogP contribution in [0.5, 0.6) is 0 Å². The molecule has 0 aliphatic carbocycles. The first kappa shape index (κ1) is 19.1. The minimum absolute atomic E-state index is 0.0434. The van der Waals surface area contributed by atoms with Gasteiger partial charge in [-0.2, -0.15) is 0 Å². The van der Waals surface area contributed by atoms with Crippen LogP contribution in [0.1, 0.15) is 27.7 Å². The van der Waals surface area contributed by atoms with Gasteiger partial charge in [-0.15, -0.1) is 0 Å². The van der Waals surface area contributed by atoms with E-state index in [1.165, 1.54) is 12.0 Å². The molecule has 0 radical (unpaired) electrons. The van der Waals surface area contributed by atoms with Gasteiger partial charge in [0.05, 0.1) is 37.7 Å². The Bertz CT molecular complexity index is 420. The number of carbonyl (C=O) groups excluding carboxylic acids is 1. The molecule has 0 aromatic carbocycles. The van der Waals surface area contributed by atoms with Gasteiger partial charge in [-0.1, -0.05) is 0 Å². The van der Waals surface area contributed by atoms with Crippen LogP contribution in [0.25, 0.3) is 0 Å². The molecular weight excluding hydrogens is 284 g/mol. The van der Waals surface area contributed by atoms with Crippen molar-refractivity contribution in [3.05, 3.63) is 0 Å². The fourth-order valence-electron chi connectivity index (χ4n) is 1.54. The van der Waals surface area contributed by atoms with Gasteiger partial charge in [0.15, 0.2) is 0 Å². The predicted octanol–water partition coefficient (Wildman–Crippen LogP) is 0.806. The maximum absolute atomic E-state index is 11.7. The molecule has 0 saturated heterocycles. The summed E-state index contributed by atoms with van der Waals surface area (Å²) in [5.41, 5.74) is -0.814. The highest BCUT2D eigenvalue weighted by Gasteiger charge is 2.38. The van der Waals surface area contributed by atoms with Crippen LogP contribution < -0.4 is 4.72 Å². The molecule has 8 heteroatoms. The maximum atomic E-state index is 11.7. The topological polar surface area (TPSA) is 84.9 Å². The second-order valence-corrected chi connectivity index (χ2v) is 7.29. The Kier molecular flexibility index (Phi) is 6.92. The molecule has 7 nitrogen and oxygen atoms in total. The quantitative estimate of drug-likeness (QED) is 0.752. The molecule has 0 aromatic rings. The lowest BCUT2D eigenvalue weighted by atomic mass is 9.94. The number of hydrogen-bond acceptors (Lipinski definition) is 5. The number of sulfonamides is 1. The van der Waals surface area contributed by atoms with Crippen molar-refractivity contribution in [2.45, 2.75) is 45.4 Å². The Labute approximate surface area is 121 Å². The lowest BCUT2D eigenvalue weighted by Crippen LogP contribution is -2.61. The molecule has 0 saturated carbocycles. The second kappa shape index (κ2) is 7.24. The van der Waals surface area contributed by atoms with Crippen LogP contribution in [0, 0.1) is 0 Å². The van der Waals surface area contributed by atoms with Crippen LogP contribution in [0.15, 0.2) is 0 Å². The van der Waals surface area contributed by atoms with Gasteiger partial charge < -0.3 is 14.4 Å². The van der Waals surface area contributed by atoms with Crippen molar-refractivity contribution in [1.29, 1.82) is 0 Å². The van der Waals surface area contributed by atoms with Crippen molar-refractivity contribution in [2.75, 3.05) is 27.0 Å². The van der Waals surface area contributed by atoms with E-state index in [1.54, 1.807) is 20.9 Å². The van der Waals surface area contributed by atoms with Crippen LogP contribution in [0.4, 0.5) is 4.79 Å². The van der Waals surface area contributed by atoms with Gasteiger partial charge >= 0.3 is 6.09 Å². The number of amides is 1. The van der Waals surface area contributed by atoms with Crippen LogP contribution >= 0.6 is 0 Å².